The molecule has 0 saturated carbocycles. The number of hydrogen-bond donors (Lipinski definition) is 0. The molecule has 0 spiro atoms. The second-order valence-corrected chi connectivity index (χ2v) is 7.04. The van der Waals surface area contributed by atoms with Crippen molar-refractivity contribution in [2.45, 2.75) is 46.5 Å². The Kier molecular flexibility index (Phi) is 4.57. The zero-order valence-electron chi connectivity index (χ0n) is 15.2. The van der Waals surface area contributed by atoms with E-state index in [2.05, 4.69) is 87.8 Å². The standard InChI is InChI=1S/C22H26N2/c1-15(2)19-12-9-13-20(16(3)4)21(19)24-14-17(5)23-22(24)18-10-7-6-8-11-18/h6-16H,1-5H3. The Balaban J connectivity index is 2.31. The van der Waals surface area contributed by atoms with Gasteiger partial charge in [-0.05, 0) is 29.9 Å². The monoisotopic (exact) mass is 318 g/mol. The molecule has 0 aliphatic carbocycles. The fourth-order valence-electron chi connectivity index (χ4n) is 3.25. The average Bonchev–Trinajstić information content (AvgIpc) is 2.96. The predicted octanol–water partition coefficient (Wildman–Crippen LogP) is 6.09. The van der Waals surface area contributed by atoms with Crippen LogP contribution in [0.2, 0.25) is 0 Å². The van der Waals surface area contributed by atoms with E-state index in [1.807, 2.05) is 6.07 Å². The van der Waals surface area contributed by atoms with Crippen LogP contribution in [0.15, 0.2) is 54.7 Å². The number of para-hydroxylation sites is 1. The molecule has 1 heterocycles. The number of imidazole rings is 1. The highest BCUT2D eigenvalue weighted by atomic mass is 15.1. The molecule has 0 amide bonds. The van der Waals surface area contributed by atoms with E-state index in [0.29, 0.717) is 11.8 Å². The van der Waals surface area contributed by atoms with Gasteiger partial charge in [0.25, 0.3) is 0 Å². The summed E-state index contributed by atoms with van der Waals surface area (Å²) >= 11 is 0. The van der Waals surface area contributed by atoms with Crippen molar-refractivity contribution in [1.29, 1.82) is 0 Å². The lowest BCUT2D eigenvalue weighted by atomic mass is 9.92. The van der Waals surface area contributed by atoms with Crippen LogP contribution in [-0.4, -0.2) is 9.55 Å². The highest BCUT2D eigenvalue weighted by Gasteiger charge is 2.19. The van der Waals surface area contributed by atoms with Gasteiger partial charge in [0.2, 0.25) is 0 Å². The number of aryl methyl sites for hydroxylation is 1. The van der Waals surface area contributed by atoms with Crippen LogP contribution in [0.25, 0.3) is 17.1 Å². The maximum Gasteiger partial charge on any atom is 0.144 e. The van der Waals surface area contributed by atoms with Crippen LogP contribution in [0.5, 0.6) is 0 Å². The van der Waals surface area contributed by atoms with Gasteiger partial charge in [0.15, 0.2) is 0 Å². The van der Waals surface area contributed by atoms with Gasteiger partial charge < -0.3 is 0 Å². The van der Waals surface area contributed by atoms with E-state index in [0.717, 1.165) is 17.1 Å². The van der Waals surface area contributed by atoms with Crippen molar-refractivity contribution in [3.8, 4) is 17.1 Å². The second-order valence-electron chi connectivity index (χ2n) is 7.04. The molecule has 2 aromatic carbocycles. The highest BCUT2D eigenvalue weighted by molar-refractivity contribution is 5.62. The Morgan fingerprint density at radius 1 is 0.792 bits per heavy atom. The zero-order chi connectivity index (χ0) is 17.3. The first-order valence-electron chi connectivity index (χ1n) is 8.73. The van der Waals surface area contributed by atoms with E-state index in [4.69, 9.17) is 4.98 Å². The Morgan fingerprint density at radius 2 is 1.38 bits per heavy atom. The molecule has 0 radical (unpaired) electrons. The van der Waals surface area contributed by atoms with Crippen molar-refractivity contribution >= 4 is 0 Å². The molecule has 0 fully saturated rings. The van der Waals surface area contributed by atoms with Gasteiger partial charge in [0.05, 0.1) is 11.4 Å². The molecule has 0 unspecified atom stereocenters. The van der Waals surface area contributed by atoms with Gasteiger partial charge in [-0.2, -0.15) is 0 Å². The molecule has 0 N–H and O–H groups in total. The molecule has 0 aliphatic heterocycles. The Labute approximate surface area is 145 Å². The van der Waals surface area contributed by atoms with Crippen LogP contribution in [0.3, 0.4) is 0 Å². The van der Waals surface area contributed by atoms with Gasteiger partial charge in [-0.25, -0.2) is 4.98 Å². The molecule has 0 aliphatic rings. The van der Waals surface area contributed by atoms with Crippen molar-refractivity contribution in [3.63, 3.8) is 0 Å². The molecule has 0 saturated heterocycles. The van der Waals surface area contributed by atoms with Gasteiger partial charge in [-0.1, -0.05) is 76.2 Å². The van der Waals surface area contributed by atoms with Gasteiger partial charge in [-0.3, -0.25) is 4.57 Å². The molecule has 124 valence electrons. The summed E-state index contributed by atoms with van der Waals surface area (Å²) in [6, 6.07) is 17.1. The quantitative estimate of drug-likeness (QED) is 0.569. The summed E-state index contributed by atoms with van der Waals surface area (Å²) in [5, 5.41) is 0. The summed E-state index contributed by atoms with van der Waals surface area (Å²) in [7, 11) is 0. The molecule has 2 heteroatoms. The molecule has 1 aromatic heterocycles. The van der Waals surface area contributed by atoms with Crippen molar-refractivity contribution in [2.75, 3.05) is 0 Å². The maximum atomic E-state index is 4.82. The van der Waals surface area contributed by atoms with Crippen LogP contribution >= 0.6 is 0 Å². The van der Waals surface area contributed by atoms with Crippen LogP contribution in [0.4, 0.5) is 0 Å². The van der Waals surface area contributed by atoms with Gasteiger partial charge in [0, 0.05) is 11.8 Å². The molecule has 3 aromatic rings. The SMILES string of the molecule is Cc1cn(-c2c(C(C)C)cccc2C(C)C)c(-c2ccccc2)n1. The normalized spacial score (nSPS) is 11.5. The Bertz CT molecular complexity index is 800. The average molecular weight is 318 g/mol. The van der Waals surface area contributed by atoms with E-state index in [1.54, 1.807) is 0 Å². The van der Waals surface area contributed by atoms with Crippen molar-refractivity contribution in [2.24, 2.45) is 0 Å². The maximum absolute atomic E-state index is 4.82. The molecule has 24 heavy (non-hydrogen) atoms. The number of rotatable bonds is 4. The molecular weight excluding hydrogens is 292 g/mol. The number of aromatic nitrogens is 2. The first-order chi connectivity index (χ1) is 11.5. The first-order valence-corrected chi connectivity index (χ1v) is 8.73. The van der Waals surface area contributed by atoms with E-state index in [1.165, 1.54) is 16.8 Å². The van der Waals surface area contributed by atoms with E-state index in [9.17, 15) is 0 Å². The molecule has 0 atom stereocenters. The minimum atomic E-state index is 0.463. The van der Waals surface area contributed by atoms with Gasteiger partial charge >= 0.3 is 0 Å². The van der Waals surface area contributed by atoms with Crippen LogP contribution in [0, 0.1) is 6.92 Å². The minimum absolute atomic E-state index is 0.463. The van der Waals surface area contributed by atoms with Crippen LogP contribution < -0.4 is 0 Å². The van der Waals surface area contributed by atoms with E-state index < -0.39 is 0 Å². The molecule has 3 rings (SSSR count). The van der Waals surface area contributed by atoms with E-state index >= 15 is 0 Å². The molecule has 2 nitrogen and oxygen atoms in total. The first kappa shape index (κ1) is 16.5. The smallest absolute Gasteiger partial charge is 0.144 e. The number of hydrogen-bond acceptors (Lipinski definition) is 1. The van der Waals surface area contributed by atoms with Crippen molar-refractivity contribution in [1.82, 2.24) is 9.55 Å². The largest absolute Gasteiger partial charge is 0.299 e. The summed E-state index contributed by atoms with van der Waals surface area (Å²) in [6.07, 6.45) is 2.16. The second kappa shape index (κ2) is 6.64. The lowest BCUT2D eigenvalue weighted by molar-refractivity contribution is 0.806. The summed E-state index contributed by atoms with van der Waals surface area (Å²) in [5.74, 6) is 1.94. The summed E-state index contributed by atoms with van der Waals surface area (Å²) in [4.78, 5) is 4.82. The summed E-state index contributed by atoms with van der Waals surface area (Å²) in [5.41, 5.74) is 6.23. The third kappa shape index (κ3) is 3.01. The topological polar surface area (TPSA) is 17.8 Å². The lowest BCUT2D eigenvalue weighted by Gasteiger charge is -2.21. The van der Waals surface area contributed by atoms with Crippen LogP contribution in [-0.2, 0) is 0 Å². The fraction of sp³-hybridized carbons (Fsp3) is 0.318. The van der Waals surface area contributed by atoms with Crippen molar-refractivity contribution in [3.05, 3.63) is 71.5 Å². The highest BCUT2D eigenvalue weighted by Crippen LogP contribution is 2.34. The number of benzene rings is 2. The van der Waals surface area contributed by atoms with Crippen molar-refractivity contribution < 1.29 is 0 Å². The lowest BCUT2D eigenvalue weighted by Crippen LogP contribution is -2.07. The van der Waals surface area contributed by atoms with Gasteiger partial charge in [-0.15, -0.1) is 0 Å². The fourth-order valence-corrected chi connectivity index (χ4v) is 3.25. The van der Waals surface area contributed by atoms with Gasteiger partial charge in [0.1, 0.15) is 5.82 Å². The minimum Gasteiger partial charge on any atom is -0.299 e. The summed E-state index contributed by atoms with van der Waals surface area (Å²) < 4.78 is 2.29. The Hall–Kier alpha value is -2.35. The predicted molar refractivity (Wildman–Crippen MR) is 102 cm³/mol. The molecule has 0 bridgehead atoms. The third-order valence-electron chi connectivity index (χ3n) is 4.44. The summed E-state index contributed by atoms with van der Waals surface area (Å²) in [6.45, 7) is 11.1. The third-order valence-corrected chi connectivity index (χ3v) is 4.44. The Morgan fingerprint density at radius 3 is 1.92 bits per heavy atom. The number of nitrogens with zero attached hydrogens (tertiary/aromatic N) is 2. The van der Waals surface area contributed by atoms with Crippen LogP contribution in [0.1, 0.15) is 56.4 Å². The molecular formula is C22H26N2. The van der Waals surface area contributed by atoms with E-state index in [-0.39, 0.29) is 0 Å². The zero-order valence-corrected chi connectivity index (χ0v) is 15.2.